The van der Waals surface area contributed by atoms with E-state index in [1.807, 2.05) is 0 Å². The van der Waals surface area contributed by atoms with Crippen molar-refractivity contribution in [3.63, 3.8) is 0 Å². The number of aromatic hydroxyl groups is 2. The molecule has 0 saturated heterocycles. The molecule has 16 heavy (non-hydrogen) atoms. The number of ether oxygens (including phenoxy) is 2. The largest absolute Gasteiger partial charge is 0.508 e. The molecule has 0 aliphatic rings. The van der Waals surface area contributed by atoms with E-state index in [4.69, 9.17) is 9.47 Å². The van der Waals surface area contributed by atoms with Gasteiger partial charge in [-0.1, -0.05) is 0 Å². The lowest BCUT2D eigenvalue weighted by Crippen LogP contribution is -1.89. The van der Waals surface area contributed by atoms with Gasteiger partial charge in [0.25, 0.3) is 0 Å². The van der Waals surface area contributed by atoms with Crippen molar-refractivity contribution in [2.75, 3.05) is 14.2 Å². The van der Waals surface area contributed by atoms with E-state index in [0.717, 1.165) is 0 Å². The first-order valence-electron chi connectivity index (χ1n) is 4.73. The summed E-state index contributed by atoms with van der Waals surface area (Å²) in [6.07, 6.45) is 0. The molecule has 4 heteroatoms. The van der Waals surface area contributed by atoms with Crippen LogP contribution >= 0.6 is 0 Å². The number of hydrogen-bond acceptors (Lipinski definition) is 4. The molecule has 0 aromatic heterocycles. The van der Waals surface area contributed by atoms with Gasteiger partial charge in [-0.3, -0.25) is 0 Å². The highest BCUT2D eigenvalue weighted by atomic mass is 16.5. The highest BCUT2D eigenvalue weighted by Crippen LogP contribution is 2.39. The van der Waals surface area contributed by atoms with E-state index < -0.39 is 0 Å². The quantitative estimate of drug-likeness (QED) is 0.815. The molecule has 0 aliphatic carbocycles. The molecule has 2 rings (SSSR count). The van der Waals surface area contributed by atoms with E-state index >= 15 is 0 Å². The molecule has 0 fully saturated rings. The summed E-state index contributed by atoms with van der Waals surface area (Å²) in [5, 5.41) is 20.4. The molecule has 0 saturated carbocycles. The average Bonchev–Trinajstić information content (AvgIpc) is 2.26. The Balaban J connectivity index is 2.83. The maximum Gasteiger partial charge on any atom is 0.134 e. The number of fused-ring (bicyclic) bond motifs is 1. The molecule has 0 atom stereocenters. The second-order valence-corrected chi connectivity index (χ2v) is 3.39. The Morgan fingerprint density at radius 2 is 1.69 bits per heavy atom. The Labute approximate surface area is 92.7 Å². The molecule has 2 aromatic carbocycles. The van der Waals surface area contributed by atoms with Gasteiger partial charge in [-0.05, 0) is 17.5 Å². The van der Waals surface area contributed by atoms with E-state index in [1.165, 1.54) is 13.2 Å². The minimum absolute atomic E-state index is 0.000283. The third-order valence-electron chi connectivity index (χ3n) is 2.41. The summed E-state index contributed by atoms with van der Waals surface area (Å²) in [4.78, 5) is 0. The molecular weight excluding hydrogens is 208 g/mol. The van der Waals surface area contributed by atoms with Crippen molar-refractivity contribution in [1.82, 2.24) is 0 Å². The first kappa shape index (κ1) is 10.4. The van der Waals surface area contributed by atoms with Gasteiger partial charge in [-0.2, -0.15) is 0 Å². The molecule has 84 valence electrons. The lowest BCUT2D eigenvalue weighted by Gasteiger charge is -2.10. The zero-order valence-electron chi connectivity index (χ0n) is 9.02. The van der Waals surface area contributed by atoms with Crippen LogP contribution in [0.2, 0.25) is 0 Å². The number of benzene rings is 2. The molecule has 0 bridgehead atoms. The monoisotopic (exact) mass is 220 g/mol. The fraction of sp³-hybridized carbons (Fsp3) is 0.167. The van der Waals surface area contributed by atoms with Crippen molar-refractivity contribution in [2.45, 2.75) is 0 Å². The van der Waals surface area contributed by atoms with Crippen molar-refractivity contribution in [3.05, 3.63) is 24.3 Å². The molecule has 0 spiro atoms. The Morgan fingerprint density at radius 1 is 0.938 bits per heavy atom. The normalized spacial score (nSPS) is 10.4. The Hall–Kier alpha value is -2.10. The van der Waals surface area contributed by atoms with E-state index in [2.05, 4.69) is 0 Å². The zero-order chi connectivity index (χ0) is 11.7. The summed E-state index contributed by atoms with van der Waals surface area (Å²) in [5.41, 5.74) is 0. The van der Waals surface area contributed by atoms with Gasteiger partial charge >= 0.3 is 0 Å². The first-order valence-corrected chi connectivity index (χ1v) is 4.73. The van der Waals surface area contributed by atoms with Crippen LogP contribution in [0.5, 0.6) is 23.0 Å². The Kier molecular flexibility index (Phi) is 2.48. The smallest absolute Gasteiger partial charge is 0.134 e. The Bertz CT molecular complexity index is 534. The van der Waals surface area contributed by atoms with Gasteiger partial charge in [-0.15, -0.1) is 0 Å². The minimum atomic E-state index is -0.0190. The van der Waals surface area contributed by atoms with Crippen LogP contribution in [0.15, 0.2) is 24.3 Å². The fourth-order valence-electron chi connectivity index (χ4n) is 1.69. The van der Waals surface area contributed by atoms with Gasteiger partial charge in [0.1, 0.15) is 23.0 Å². The van der Waals surface area contributed by atoms with Gasteiger partial charge < -0.3 is 19.7 Å². The van der Waals surface area contributed by atoms with Crippen LogP contribution < -0.4 is 9.47 Å². The van der Waals surface area contributed by atoms with Crippen LogP contribution in [0.25, 0.3) is 10.8 Å². The molecule has 0 aliphatic heterocycles. The molecule has 0 heterocycles. The first-order chi connectivity index (χ1) is 7.65. The maximum atomic E-state index is 9.75. The number of methoxy groups -OCH3 is 2. The van der Waals surface area contributed by atoms with Gasteiger partial charge in [-0.25, -0.2) is 0 Å². The predicted octanol–water partition coefficient (Wildman–Crippen LogP) is 2.27. The molecule has 0 amide bonds. The van der Waals surface area contributed by atoms with Crippen molar-refractivity contribution < 1.29 is 19.7 Å². The zero-order valence-corrected chi connectivity index (χ0v) is 9.02. The predicted molar refractivity (Wildman–Crippen MR) is 60.4 cm³/mol. The number of hydrogen-bond donors (Lipinski definition) is 2. The van der Waals surface area contributed by atoms with E-state index in [9.17, 15) is 10.2 Å². The molecule has 0 unspecified atom stereocenters. The summed E-state index contributed by atoms with van der Waals surface area (Å²) in [6.45, 7) is 0. The summed E-state index contributed by atoms with van der Waals surface area (Å²) in [7, 11) is 3.06. The minimum Gasteiger partial charge on any atom is -0.508 e. The third kappa shape index (κ3) is 1.58. The molecule has 2 N–H and O–H groups in total. The topological polar surface area (TPSA) is 58.9 Å². The van der Waals surface area contributed by atoms with E-state index in [-0.39, 0.29) is 11.5 Å². The third-order valence-corrected chi connectivity index (χ3v) is 2.41. The average molecular weight is 220 g/mol. The number of rotatable bonds is 2. The summed E-state index contributed by atoms with van der Waals surface area (Å²) in [6, 6.07) is 6.22. The Morgan fingerprint density at radius 3 is 2.31 bits per heavy atom. The molecule has 4 nitrogen and oxygen atoms in total. The van der Waals surface area contributed by atoms with Crippen LogP contribution in [0, 0.1) is 0 Å². The summed E-state index contributed by atoms with van der Waals surface area (Å²) < 4.78 is 10.3. The van der Waals surface area contributed by atoms with Crippen molar-refractivity contribution >= 4 is 10.8 Å². The second-order valence-electron chi connectivity index (χ2n) is 3.39. The van der Waals surface area contributed by atoms with Crippen LogP contribution in [0.4, 0.5) is 0 Å². The van der Waals surface area contributed by atoms with Crippen molar-refractivity contribution in [2.24, 2.45) is 0 Å². The van der Waals surface area contributed by atoms with Crippen LogP contribution in [-0.2, 0) is 0 Å². The molecular formula is C12H12O4. The second kappa shape index (κ2) is 3.81. The lowest BCUT2D eigenvalue weighted by molar-refractivity contribution is 0.396. The molecule has 2 aromatic rings. The SMILES string of the molecule is COc1cc(OC)c2c(O)cc(O)cc2c1. The number of phenols is 2. The fourth-order valence-corrected chi connectivity index (χ4v) is 1.69. The summed E-state index contributed by atoms with van der Waals surface area (Å²) in [5.74, 6) is 1.09. The number of phenolic OH excluding ortho intramolecular Hbond substituents is 2. The van der Waals surface area contributed by atoms with Gasteiger partial charge in [0.15, 0.2) is 0 Å². The van der Waals surface area contributed by atoms with Crippen molar-refractivity contribution in [3.8, 4) is 23.0 Å². The van der Waals surface area contributed by atoms with Gasteiger partial charge in [0.2, 0.25) is 0 Å². The van der Waals surface area contributed by atoms with E-state index in [1.54, 1.807) is 25.3 Å². The summed E-state index contributed by atoms with van der Waals surface area (Å²) >= 11 is 0. The maximum absolute atomic E-state index is 9.75. The van der Waals surface area contributed by atoms with Crippen molar-refractivity contribution in [1.29, 1.82) is 0 Å². The van der Waals surface area contributed by atoms with Crippen LogP contribution in [0.3, 0.4) is 0 Å². The highest BCUT2D eigenvalue weighted by molar-refractivity contribution is 5.95. The lowest BCUT2D eigenvalue weighted by atomic mass is 10.1. The van der Waals surface area contributed by atoms with Crippen LogP contribution in [0.1, 0.15) is 0 Å². The van der Waals surface area contributed by atoms with Crippen LogP contribution in [-0.4, -0.2) is 24.4 Å². The highest BCUT2D eigenvalue weighted by Gasteiger charge is 2.10. The molecule has 0 radical (unpaired) electrons. The van der Waals surface area contributed by atoms with Gasteiger partial charge in [0, 0.05) is 12.1 Å². The van der Waals surface area contributed by atoms with Gasteiger partial charge in [0.05, 0.1) is 19.6 Å². The van der Waals surface area contributed by atoms with E-state index in [0.29, 0.717) is 22.3 Å². The standard InChI is InChI=1S/C12H12O4/c1-15-9-4-7-3-8(13)5-10(14)12(7)11(6-9)16-2/h3-6,13-14H,1-2H3.